The molecule has 2 heterocycles. The molecule has 0 bridgehead atoms. The molecule has 0 atom stereocenters. The molecule has 4 aromatic rings. The molecule has 2 aromatic heterocycles. The monoisotopic (exact) mass is 553 g/mol. The highest BCUT2D eigenvalue weighted by Gasteiger charge is 2.43. The highest BCUT2D eigenvalue weighted by molar-refractivity contribution is 6.29. The van der Waals surface area contributed by atoms with Crippen LogP contribution in [0.25, 0.3) is 11.4 Å². The quantitative estimate of drug-likeness (QED) is 0.109. The summed E-state index contributed by atoms with van der Waals surface area (Å²) in [5.74, 6) is -2.98. The third kappa shape index (κ3) is 6.64. The lowest BCUT2D eigenvalue weighted by Crippen LogP contribution is -2.33. The zero-order valence-corrected chi connectivity index (χ0v) is 19.5. The zero-order valence-electron chi connectivity index (χ0n) is 18.7. The average Bonchev–Trinajstić information content (AvgIpc) is 2.86. The number of aromatic nitrogens is 4. The first-order chi connectivity index (χ1) is 18.1. The van der Waals surface area contributed by atoms with Crippen molar-refractivity contribution in [1.29, 1.82) is 0 Å². The maximum atomic E-state index is 14.4. The van der Waals surface area contributed by atoms with Gasteiger partial charge in [0.25, 0.3) is 0 Å². The summed E-state index contributed by atoms with van der Waals surface area (Å²) in [5, 5.41) is 6.95. The molecule has 0 fully saturated rings. The maximum absolute atomic E-state index is 14.4. The molecule has 0 unspecified atom stereocenters. The van der Waals surface area contributed by atoms with Crippen LogP contribution in [0.2, 0.25) is 5.15 Å². The second-order valence-corrected chi connectivity index (χ2v) is 7.69. The van der Waals surface area contributed by atoms with Gasteiger partial charge in [-0.15, -0.1) is 0 Å². The SMILES string of the molecule is Fc1cccc(F)c1-c1nc(NN=Cc2ccc(OC(F)(F)C(F)F)cc2)nc(Nc2ccc(Cl)nc2)n1. The molecule has 0 amide bonds. The average molecular weight is 554 g/mol. The lowest BCUT2D eigenvalue weighted by atomic mass is 10.2. The summed E-state index contributed by atoms with van der Waals surface area (Å²) in [6.45, 7) is 0. The van der Waals surface area contributed by atoms with Crippen LogP contribution < -0.4 is 15.5 Å². The number of anilines is 3. The molecule has 196 valence electrons. The van der Waals surface area contributed by atoms with E-state index >= 15 is 0 Å². The van der Waals surface area contributed by atoms with Crippen molar-refractivity contribution in [3.05, 3.63) is 83.1 Å². The molecule has 38 heavy (non-hydrogen) atoms. The van der Waals surface area contributed by atoms with Crippen LogP contribution in [0.15, 0.2) is 65.9 Å². The van der Waals surface area contributed by atoms with Crippen molar-refractivity contribution in [3.8, 4) is 17.1 Å². The van der Waals surface area contributed by atoms with Crippen molar-refractivity contribution in [1.82, 2.24) is 19.9 Å². The molecule has 4 rings (SSSR count). The summed E-state index contributed by atoms with van der Waals surface area (Å²) in [7, 11) is 0. The zero-order chi connectivity index (χ0) is 27.3. The van der Waals surface area contributed by atoms with Gasteiger partial charge in [-0.05, 0) is 54.1 Å². The molecule has 0 aliphatic rings. The summed E-state index contributed by atoms with van der Waals surface area (Å²) in [5.41, 5.74) is 2.74. The third-order valence-corrected chi connectivity index (χ3v) is 4.80. The normalized spacial score (nSPS) is 11.7. The third-order valence-electron chi connectivity index (χ3n) is 4.57. The number of hydrazone groups is 1. The summed E-state index contributed by atoms with van der Waals surface area (Å²) >= 11 is 5.78. The summed E-state index contributed by atoms with van der Waals surface area (Å²) in [6.07, 6.45) is -6.03. The number of benzene rings is 2. The summed E-state index contributed by atoms with van der Waals surface area (Å²) in [6, 6.07) is 11.0. The molecule has 0 radical (unpaired) electrons. The number of nitrogens with one attached hydrogen (secondary N) is 2. The summed E-state index contributed by atoms with van der Waals surface area (Å²) in [4.78, 5) is 16.1. The maximum Gasteiger partial charge on any atom is 0.461 e. The number of hydrogen-bond donors (Lipinski definition) is 2. The number of hydrogen-bond acceptors (Lipinski definition) is 8. The number of alkyl halides is 4. The number of nitrogens with zero attached hydrogens (tertiary/aromatic N) is 5. The van der Waals surface area contributed by atoms with E-state index in [1.165, 1.54) is 36.7 Å². The van der Waals surface area contributed by atoms with Crippen molar-refractivity contribution >= 4 is 35.4 Å². The van der Waals surface area contributed by atoms with Crippen molar-refractivity contribution in [2.45, 2.75) is 12.5 Å². The van der Waals surface area contributed by atoms with E-state index in [0.29, 0.717) is 11.3 Å². The van der Waals surface area contributed by atoms with Gasteiger partial charge in [-0.25, -0.2) is 19.2 Å². The predicted octanol–water partition coefficient (Wildman–Crippen LogP) is 6.29. The molecular formula is C23H14ClF6N7O. The van der Waals surface area contributed by atoms with E-state index in [9.17, 15) is 26.3 Å². The van der Waals surface area contributed by atoms with E-state index in [0.717, 1.165) is 24.3 Å². The standard InChI is InChI=1S/C23H14ClF6N7O/c24-17-9-6-13(11-31-17)33-21-34-19(18-15(25)2-1-3-16(18)26)35-22(36-21)37-32-10-12-4-7-14(8-5-12)38-23(29,30)20(27)28/h1-11,20H,(H2,33,34,35,36,37). The second kappa shape index (κ2) is 11.3. The van der Waals surface area contributed by atoms with E-state index in [1.54, 1.807) is 6.07 Å². The van der Waals surface area contributed by atoms with Crippen molar-refractivity contribution in [2.24, 2.45) is 5.10 Å². The molecule has 0 aliphatic heterocycles. The van der Waals surface area contributed by atoms with Crippen molar-refractivity contribution in [3.63, 3.8) is 0 Å². The highest BCUT2D eigenvalue weighted by Crippen LogP contribution is 2.28. The first-order valence-electron chi connectivity index (χ1n) is 10.4. The Morgan fingerprint density at radius 3 is 2.24 bits per heavy atom. The van der Waals surface area contributed by atoms with Gasteiger partial charge in [0.1, 0.15) is 22.5 Å². The predicted molar refractivity (Wildman–Crippen MR) is 127 cm³/mol. The Morgan fingerprint density at radius 1 is 0.921 bits per heavy atom. The fraction of sp³-hybridized carbons (Fsp3) is 0.0870. The van der Waals surface area contributed by atoms with E-state index in [2.05, 4.69) is 40.5 Å². The van der Waals surface area contributed by atoms with E-state index in [4.69, 9.17) is 11.6 Å². The lowest BCUT2D eigenvalue weighted by molar-refractivity contribution is -0.253. The number of pyridine rings is 1. The van der Waals surface area contributed by atoms with Crippen LogP contribution in [0, 0.1) is 11.6 Å². The van der Waals surface area contributed by atoms with Gasteiger partial charge in [-0.1, -0.05) is 17.7 Å². The van der Waals surface area contributed by atoms with Gasteiger partial charge in [0, 0.05) is 0 Å². The molecule has 2 N–H and O–H groups in total. The Morgan fingerprint density at radius 2 is 1.61 bits per heavy atom. The molecule has 0 saturated carbocycles. The minimum Gasteiger partial charge on any atom is -0.428 e. The van der Waals surface area contributed by atoms with Gasteiger partial charge in [-0.3, -0.25) is 0 Å². The van der Waals surface area contributed by atoms with Crippen LogP contribution in [0.1, 0.15) is 5.56 Å². The van der Waals surface area contributed by atoms with Crippen molar-refractivity contribution < 1.29 is 31.1 Å². The van der Waals surface area contributed by atoms with Gasteiger partial charge in [-0.2, -0.15) is 37.6 Å². The highest BCUT2D eigenvalue weighted by atomic mass is 35.5. The Labute approximate surface area is 215 Å². The molecule has 0 spiro atoms. The molecule has 8 nitrogen and oxygen atoms in total. The van der Waals surface area contributed by atoms with Crippen molar-refractivity contribution in [2.75, 3.05) is 10.7 Å². The first-order valence-corrected chi connectivity index (χ1v) is 10.8. The van der Waals surface area contributed by atoms with Crippen LogP contribution in [0.5, 0.6) is 5.75 Å². The second-order valence-electron chi connectivity index (χ2n) is 7.30. The Kier molecular flexibility index (Phi) is 7.90. The molecular weight excluding hydrogens is 540 g/mol. The van der Waals surface area contributed by atoms with Gasteiger partial charge < -0.3 is 10.1 Å². The number of ether oxygens (including phenoxy) is 1. The topological polar surface area (TPSA) is 97.2 Å². The van der Waals surface area contributed by atoms with Gasteiger partial charge in [0.2, 0.25) is 11.9 Å². The van der Waals surface area contributed by atoms with Crippen LogP contribution in [0.4, 0.5) is 43.9 Å². The van der Waals surface area contributed by atoms with Crippen LogP contribution in [-0.4, -0.2) is 38.7 Å². The molecule has 0 saturated heterocycles. The van der Waals surface area contributed by atoms with Gasteiger partial charge >= 0.3 is 12.5 Å². The number of halogens is 7. The first kappa shape index (κ1) is 26.6. The fourth-order valence-electron chi connectivity index (χ4n) is 2.87. The van der Waals surface area contributed by atoms with Crippen LogP contribution in [-0.2, 0) is 0 Å². The summed E-state index contributed by atoms with van der Waals surface area (Å²) < 4.78 is 83.4. The van der Waals surface area contributed by atoms with E-state index in [1.807, 2.05) is 0 Å². The Hall–Kier alpha value is -4.46. The van der Waals surface area contributed by atoms with Gasteiger partial charge in [0.05, 0.1) is 23.7 Å². The smallest absolute Gasteiger partial charge is 0.428 e. The molecule has 2 aromatic carbocycles. The van der Waals surface area contributed by atoms with Crippen LogP contribution >= 0.6 is 11.6 Å². The lowest BCUT2D eigenvalue weighted by Gasteiger charge is -2.16. The Balaban J connectivity index is 1.57. The van der Waals surface area contributed by atoms with Crippen LogP contribution in [0.3, 0.4) is 0 Å². The Bertz CT molecular complexity index is 1420. The van der Waals surface area contributed by atoms with Gasteiger partial charge in [0.15, 0.2) is 5.82 Å². The molecule has 0 aliphatic carbocycles. The number of rotatable bonds is 9. The minimum absolute atomic E-state index is 0.110. The largest absolute Gasteiger partial charge is 0.461 e. The van der Waals surface area contributed by atoms with E-state index in [-0.39, 0.29) is 22.9 Å². The fourth-order valence-corrected chi connectivity index (χ4v) is 2.98. The minimum atomic E-state index is -4.64. The molecule has 15 heteroatoms. The van der Waals surface area contributed by atoms with E-state index < -0.39 is 35.5 Å².